The molecule has 0 aliphatic heterocycles. The van der Waals surface area contributed by atoms with Gasteiger partial charge in [0.25, 0.3) is 0 Å². The molecule has 0 radical (unpaired) electrons. The van der Waals surface area contributed by atoms with Crippen molar-refractivity contribution in [3.63, 3.8) is 0 Å². The molecule has 0 aromatic heterocycles. The lowest BCUT2D eigenvalue weighted by molar-refractivity contribution is -0.140. The van der Waals surface area contributed by atoms with Gasteiger partial charge >= 0.3 is 0 Å². The number of halogens is 1. The summed E-state index contributed by atoms with van der Waals surface area (Å²) in [4.78, 5) is 27.8. The van der Waals surface area contributed by atoms with E-state index in [0.29, 0.717) is 11.6 Å². The standard InChI is InChI=1S/C24H29ClN2O2/c1-18(24(29)26-21-13-6-3-7-14-21)27(17-20-12-8-9-15-22(20)25)23(28)16-19-10-4-2-5-11-19/h2,4-5,8-12,15,18,21H,3,6-7,13-14,16-17H2,1H3,(H,26,29). The lowest BCUT2D eigenvalue weighted by Crippen LogP contribution is -2.50. The number of nitrogens with one attached hydrogen (secondary N) is 1. The van der Waals surface area contributed by atoms with Gasteiger partial charge < -0.3 is 10.2 Å². The smallest absolute Gasteiger partial charge is 0.242 e. The predicted molar refractivity (Wildman–Crippen MR) is 117 cm³/mol. The van der Waals surface area contributed by atoms with Crippen LogP contribution in [0, 0.1) is 0 Å². The van der Waals surface area contributed by atoms with Gasteiger partial charge in [0.05, 0.1) is 6.42 Å². The molecule has 5 heteroatoms. The van der Waals surface area contributed by atoms with Gasteiger partial charge in [-0.2, -0.15) is 0 Å². The Balaban J connectivity index is 1.76. The molecular formula is C24H29ClN2O2. The predicted octanol–water partition coefficient (Wildman–Crippen LogP) is 4.75. The molecule has 1 aliphatic rings. The van der Waals surface area contributed by atoms with Crippen molar-refractivity contribution in [3.8, 4) is 0 Å². The van der Waals surface area contributed by atoms with Crippen LogP contribution in [0.4, 0.5) is 0 Å². The van der Waals surface area contributed by atoms with E-state index < -0.39 is 6.04 Å². The lowest BCUT2D eigenvalue weighted by atomic mass is 9.95. The van der Waals surface area contributed by atoms with E-state index >= 15 is 0 Å². The van der Waals surface area contributed by atoms with Crippen molar-refractivity contribution >= 4 is 23.4 Å². The van der Waals surface area contributed by atoms with Gasteiger partial charge in [-0.3, -0.25) is 9.59 Å². The average molecular weight is 413 g/mol. The summed E-state index contributed by atoms with van der Waals surface area (Å²) in [6.07, 6.45) is 5.82. The number of amides is 2. The molecule has 1 N–H and O–H groups in total. The Morgan fingerprint density at radius 3 is 2.38 bits per heavy atom. The van der Waals surface area contributed by atoms with Gasteiger partial charge in [0.15, 0.2) is 0 Å². The molecule has 2 aromatic carbocycles. The first-order valence-electron chi connectivity index (χ1n) is 10.4. The first-order valence-corrected chi connectivity index (χ1v) is 10.8. The maximum atomic E-state index is 13.2. The van der Waals surface area contributed by atoms with Gasteiger partial charge in [-0.05, 0) is 37.0 Å². The molecule has 1 unspecified atom stereocenters. The summed E-state index contributed by atoms with van der Waals surface area (Å²) in [5.74, 6) is -0.173. The van der Waals surface area contributed by atoms with Crippen LogP contribution < -0.4 is 5.32 Å². The van der Waals surface area contributed by atoms with E-state index in [4.69, 9.17) is 11.6 Å². The zero-order valence-electron chi connectivity index (χ0n) is 16.9. The molecule has 2 aromatic rings. The topological polar surface area (TPSA) is 49.4 Å². The second-order valence-corrected chi connectivity index (χ2v) is 8.20. The van der Waals surface area contributed by atoms with E-state index in [1.54, 1.807) is 11.8 Å². The SMILES string of the molecule is CC(C(=O)NC1CCCCC1)N(Cc1ccccc1Cl)C(=O)Cc1ccccc1. The number of hydrogen-bond donors (Lipinski definition) is 1. The summed E-state index contributed by atoms with van der Waals surface area (Å²) in [5.41, 5.74) is 1.77. The zero-order valence-corrected chi connectivity index (χ0v) is 17.7. The van der Waals surface area contributed by atoms with E-state index in [1.165, 1.54) is 6.42 Å². The van der Waals surface area contributed by atoms with Crippen LogP contribution in [-0.4, -0.2) is 28.8 Å². The minimum Gasteiger partial charge on any atom is -0.352 e. The van der Waals surface area contributed by atoms with Crippen molar-refractivity contribution in [1.82, 2.24) is 10.2 Å². The molecule has 154 valence electrons. The minimum atomic E-state index is -0.565. The van der Waals surface area contributed by atoms with E-state index in [1.807, 2.05) is 54.6 Å². The lowest BCUT2D eigenvalue weighted by Gasteiger charge is -2.31. The Hall–Kier alpha value is -2.33. The van der Waals surface area contributed by atoms with E-state index in [-0.39, 0.29) is 24.3 Å². The number of benzene rings is 2. The number of rotatable bonds is 7. The summed E-state index contributed by atoms with van der Waals surface area (Å²) in [6.45, 7) is 2.11. The van der Waals surface area contributed by atoms with Crippen molar-refractivity contribution in [2.24, 2.45) is 0 Å². The van der Waals surface area contributed by atoms with Crippen LogP contribution in [0.1, 0.15) is 50.2 Å². The molecular weight excluding hydrogens is 384 g/mol. The van der Waals surface area contributed by atoms with E-state index in [0.717, 1.165) is 36.8 Å². The highest BCUT2D eigenvalue weighted by Crippen LogP contribution is 2.21. The first-order chi connectivity index (χ1) is 14.0. The zero-order chi connectivity index (χ0) is 20.6. The summed E-state index contributed by atoms with van der Waals surface area (Å²) in [5, 5.41) is 3.75. The molecule has 0 saturated heterocycles. The fourth-order valence-electron chi connectivity index (χ4n) is 3.83. The number of carbonyl (C=O) groups excluding carboxylic acids is 2. The summed E-state index contributed by atoms with van der Waals surface area (Å²) in [7, 11) is 0. The third-order valence-electron chi connectivity index (χ3n) is 5.62. The molecule has 4 nitrogen and oxygen atoms in total. The largest absolute Gasteiger partial charge is 0.352 e. The van der Waals surface area contributed by atoms with Crippen LogP contribution in [-0.2, 0) is 22.6 Å². The average Bonchev–Trinajstić information content (AvgIpc) is 2.74. The van der Waals surface area contributed by atoms with Crippen molar-refractivity contribution in [3.05, 3.63) is 70.7 Å². The molecule has 1 atom stereocenters. The first kappa shape index (κ1) is 21.4. The highest BCUT2D eigenvalue weighted by atomic mass is 35.5. The maximum absolute atomic E-state index is 13.2. The van der Waals surface area contributed by atoms with Crippen molar-refractivity contribution in [2.45, 2.75) is 64.1 Å². The van der Waals surface area contributed by atoms with Gasteiger partial charge in [0.2, 0.25) is 11.8 Å². The van der Waals surface area contributed by atoms with Crippen molar-refractivity contribution < 1.29 is 9.59 Å². The third-order valence-corrected chi connectivity index (χ3v) is 5.98. The summed E-state index contributed by atoms with van der Waals surface area (Å²) in [6, 6.07) is 16.7. The highest BCUT2D eigenvalue weighted by Gasteiger charge is 2.28. The van der Waals surface area contributed by atoms with Gasteiger partial charge in [0, 0.05) is 17.6 Å². The molecule has 2 amide bonds. The van der Waals surface area contributed by atoms with Gasteiger partial charge in [-0.1, -0.05) is 79.4 Å². The fraction of sp³-hybridized carbons (Fsp3) is 0.417. The second-order valence-electron chi connectivity index (χ2n) is 7.79. The molecule has 29 heavy (non-hydrogen) atoms. The van der Waals surface area contributed by atoms with Crippen molar-refractivity contribution in [2.75, 3.05) is 0 Å². The summed E-state index contributed by atoms with van der Waals surface area (Å²) >= 11 is 6.33. The number of carbonyl (C=O) groups is 2. The monoisotopic (exact) mass is 412 g/mol. The Bertz CT molecular complexity index is 819. The quantitative estimate of drug-likeness (QED) is 0.713. The molecule has 0 spiro atoms. The van der Waals surface area contributed by atoms with Crippen LogP contribution in [0.3, 0.4) is 0 Å². The Labute approximate surface area is 178 Å². The van der Waals surface area contributed by atoms with Gasteiger partial charge in [-0.15, -0.1) is 0 Å². The number of hydrogen-bond acceptors (Lipinski definition) is 2. The Kier molecular flexibility index (Phi) is 7.70. The fourth-order valence-corrected chi connectivity index (χ4v) is 4.03. The molecule has 1 saturated carbocycles. The van der Waals surface area contributed by atoms with Crippen LogP contribution in [0.2, 0.25) is 5.02 Å². The molecule has 1 aliphatic carbocycles. The van der Waals surface area contributed by atoms with Gasteiger partial charge in [0.1, 0.15) is 6.04 Å². The highest BCUT2D eigenvalue weighted by molar-refractivity contribution is 6.31. The Morgan fingerprint density at radius 1 is 1.03 bits per heavy atom. The molecule has 3 rings (SSSR count). The van der Waals surface area contributed by atoms with E-state index in [2.05, 4.69) is 5.32 Å². The third kappa shape index (κ3) is 6.07. The molecule has 1 fully saturated rings. The van der Waals surface area contributed by atoms with Crippen LogP contribution in [0.5, 0.6) is 0 Å². The molecule has 0 heterocycles. The number of nitrogens with zero attached hydrogens (tertiary/aromatic N) is 1. The van der Waals surface area contributed by atoms with Crippen LogP contribution >= 0.6 is 11.6 Å². The minimum absolute atomic E-state index is 0.0811. The van der Waals surface area contributed by atoms with Crippen LogP contribution in [0.25, 0.3) is 0 Å². The molecule has 0 bridgehead atoms. The van der Waals surface area contributed by atoms with E-state index in [9.17, 15) is 9.59 Å². The normalized spacial score (nSPS) is 15.5. The van der Waals surface area contributed by atoms with Crippen LogP contribution in [0.15, 0.2) is 54.6 Å². The summed E-state index contributed by atoms with van der Waals surface area (Å²) < 4.78 is 0. The Morgan fingerprint density at radius 2 is 1.69 bits per heavy atom. The van der Waals surface area contributed by atoms with Gasteiger partial charge in [-0.25, -0.2) is 0 Å². The maximum Gasteiger partial charge on any atom is 0.242 e. The second kappa shape index (κ2) is 10.4. The van der Waals surface area contributed by atoms with Crippen molar-refractivity contribution in [1.29, 1.82) is 0 Å².